The van der Waals surface area contributed by atoms with Gasteiger partial charge in [0.15, 0.2) is 0 Å². The molecule has 0 bridgehead atoms. The van der Waals surface area contributed by atoms with E-state index in [4.69, 9.17) is 15.2 Å². The van der Waals surface area contributed by atoms with Crippen LogP contribution in [0.5, 0.6) is 5.75 Å². The van der Waals surface area contributed by atoms with Gasteiger partial charge in [-0.25, -0.2) is 0 Å². The van der Waals surface area contributed by atoms with E-state index in [2.05, 4.69) is 6.92 Å². The molecule has 2 rings (SSSR count). The summed E-state index contributed by atoms with van der Waals surface area (Å²) in [6.45, 7) is 4.73. The van der Waals surface area contributed by atoms with E-state index >= 15 is 0 Å². The van der Waals surface area contributed by atoms with Crippen LogP contribution in [0.15, 0.2) is 24.3 Å². The SMILES string of the molecule is CC1CCC(COc2ccc(C(C)N)cc2)O1. The lowest BCUT2D eigenvalue weighted by Crippen LogP contribution is -2.17. The highest BCUT2D eigenvalue weighted by Gasteiger charge is 2.22. The number of hydrogen-bond donors (Lipinski definition) is 1. The molecule has 0 aromatic heterocycles. The summed E-state index contributed by atoms with van der Waals surface area (Å²) in [5, 5.41) is 0. The first kappa shape index (κ1) is 12.4. The summed E-state index contributed by atoms with van der Waals surface area (Å²) in [5.74, 6) is 0.887. The van der Waals surface area contributed by atoms with Crippen molar-refractivity contribution in [1.82, 2.24) is 0 Å². The molecular formula is C14H21NO2. The summed E-state index contributed by atoms with van der Waals surface area (Å²) >= 11 is 0. The minimum absolute atomic E-state index is 0.0723. The summed E-state index contributed by atoms with van der Waals surface area (Å²) in [4.78, 5) is 0. The summed E-state index contributed by atoms with van der Waals surface area (Å²) in [6.07, 6.45) is 2.86. The van der Waals surface area contributed by atoms with Crippen molar-refractivity contribution < 1.29 is 9.47 Å². The first-order chi connectivity index (χ1) is 8.15. The van der Waals surface area contributed by atoms with Crippen LogP contribution >= 0.6 is 0 Å². The molecule has 1 aromatic carbocycles. The van der Waals surface area contributed by atoms with Crippen LogP contribution in [0.4, 0.5) is 0 Å². The van der Waals surface area contributed by atoms with Crippen molar-refractivity contribution in [2.45, 2.75) is 44.9 Å². The fourth-order valence-corrected chi connectivity index (χ4v) is 2.06. The topological polar surface area (TPSA) is 44.5 Å². The van der Waals surface area contributed by atoms with Gasteiger partial charge in [0.25, 0.3) is 0 Å². The van der Waals surface area contributed by atoms with Gasteiger partial charge in [-0.05, 0) is 44.4 Å². The molecule has 1 fully saturated rings. The Morgan fingerprint density at radius 3 is 2.59 bits per heavy atom. The van der Waals surface area contributed by atoms with Crippen LogP contribution in [0.1, 0.15) is 38.3 Å². The third-order valence-electron chi connectivity index (χ3n) is 3.16. The molecule has 0 saturated carbocycles. The first-order valence-corrected chi connectivity index (χ1v) is 6.29. The Bertz CT molecular complexity index is 348. The van der Waals surface area contributed by atoms with Crippen LogP contribution in [0.25, 0.3) is 0 Å². The molecule has 1 aromatic rings. The number of benzene rings is 1. The Balaban J connectivity index is 1.83. The molecule has 3 atom stereocenters. The van der Waals surface area contributed by atoms with Gasteiger partial charge in [-0.1, -0.05) is 12.1 Å². The number of ether oxygens (including phenoxy) is 2. The highest BCUT2D eigenvalue weighted by molar-refractivity contribution is 5.28. The Hall–Kier alpha value is -1.06. The highest BCUT2D eigenvalue weighted by Crippen LogP contribution is 2.21. The highest BCUT2D eigenvalue weighted by atomic mass is 16.5. The minimum Gasteiger partial charge on any atom is -0.491 e. The van der Waals surface area contributed by atoms with Crippen molar-refractivity contribution in [3.63, 3.8) is 0 Å². The van der Waals surface area contributed by atoms with Crippen molar-refractivity contribution in [3.05, 3.63) is 29.8 Å². The van der Waals surface area contributed by atoms with E-state index in [1.165, 1.54) is 0 Å². The average Bonchev–Trinajstić information content (AvgIpc) is 2.73. The third-order valence-corrected chi connectivity index (χ3v) is 3.16. The third kappa shape index (κ3) is 3.45. The van der Waals surface area contributed by atoms with E-state index in [1.807, 2.05) is 31.2 Å². The molecule has 3 unspecified atom stereocenters. The van der Waals surface area contributed by atoms with E-state index in [0.717, 1.165) is 24.2 Å². The smallest absolute Gasteiger partial charge is 0.119 e. The van der Waals surface area contributed by atoms with Crippen LogP contribution < -0.4 is 10.5 Å². The molecule has 0 amide bonds. The predicted octanol–water partition coefficient (Wildman–Crippen LogP) is 2.65. The van der Waals surface area contributed by atoms with Crippen molar-refractivity contribution in [2.75, 3.05) is 6.61 Å². The van der Waals surface area contributed by atoms with Crippen LogP contribution in [0.2, 0.25) is 0 Å². The Labute approximate surface area is 103 Å². The largest absolute Gasteiger partial charge is 0.491 e. The molecule has 0 spiro atoms. The Morgan fingerprint density at radius 1 is 1.35 bits per heavy atom. The molecule has 17 heavy (non-hydrogen) atoms. The van der Waals surface area contributed by atoms with Crippen molar-refractivity contribution >= 4 is 0 Å². The second-order valence-electron chi connectivity index (χ2n) is 4.81. The molecular weight excluding hydrogens is 214 g/mol. The van der Waals surface area contributed by atoms with E-state index in [-0.39, 0.29) is 12.1 Å². The maximum atomic E-state index is 5.79. The Kier molecular flexibility index (Phi) is 4.02. The maximum absolute atomic E-state index is 5.79. The lowest BCUT2D eigenvalue weighted by molar-refractivity contribution is 0.0264. The van der Waals surface area contributed by atoms with Crippen molar-refractivity contribution in [1.29, 1.82) is 0 Å². The average molecular weight is 235 g/mol. The molecule has 0 aliphatic carbocycles. The van der Waals surface area contributed by atoms with Crippen molar-refractivity contribution in [2.24, 2.45) is 5.73 Å². The number of rotatable bonds is 4. The monoisotopic (exact) mass is 235 g/mol. The fraction of sp³-hybridized carbons (Fsp3) is 0.571. The summed E-state index contributed by atoms with van der Waals surface area (Å²) in [5.41, 5.74) is 6.92. The normalized spacial score (nSPS) is 25.8. The Morgan fingerprint density at radius 2 is 2.06 bits per heavy atom. The zero-order valence-corrected chi connectivity index (χ0v) is 10.6. The van der Waals surface area contributed by atoms with Crippen LogP contribution in [0.3, 0.4) is 0 Å². The fourth-order valence-electron chi connectivity index (χ4n) is 2.06. The molecule has 0 radical (unpaired) electrons. The van der Waals surface area contributed by atoms with Gasteiger partial charge in [0.05, 0.1) is 12.2 Å². The van der Waals surface area contributed by atoms with Gasteiger partial charge in [-0.15, -0.1) is 0 Å². The van der Waals surface area contributed by atoms with Gasteiger partial charge in [0, 0.05) is 6.04 Å². The first-order valence-electron chi connectivity index (χ1n) is 6.29. The van der Waals surface area contributed by atoms with Gasteiger partial charge in [0.2, 0.25) is 0 Å². The van der Waals surface area contributed by atoms with Gasteiger partial charge in [0.1, 0.15) is 12.4 Å². The second-order valence-corrected chi connectivity index (χ2v) is 4.81. The molecule has 3 nitrogen and oxygen atoms in total. The molecule has 94 valence electrons. The van der Waals surface area contributed by atoms with Gasteiger partial charge in [-0.2, -0.15) is 0 Å². The maximum Gasteiger partial charge on any atom is 0.119 e. The van der Waals surface area contributed by atoms with E-state index in [0.29, 0.717) is 12.7 Å². The summed E-state index contributed by atoms with van der Waals surface area (Å²) in [7, 11) is 0. The second kappa shape index (κ2) is 5.52. The quantitative estimate of drug-likeness (QED) is 0.872. The zero-order chi connectivity index (χ0) is 12.3. The molecule has 1 saturated heterocycles. The van der Waals surface area contributed by atoms with Crippen LogP contribution in [-0.4, -0.2) is 18.8 Å². The van der Waals surface area contributed by atoms with Gasteiger partial charge >= 0.3 is 0 Å². The molecule has 2 N–H and O–H groups in total. The van der Waals surface area contributed by atoms with Gasteiger partial charge in [-0.3, -0.25) is 0 Å². The van der Waals surface area contributed by atoms with E-state index in [1.54, 1.807) is 0 Å². The van der Waals surface area contributed by atoms with Crippen LogP contribution in [0, 0.1) is 0 Å². The minimum atomic E-state index is 0.0723. The molecule has 3 heteroatoms. The predicted molar refractivity (Wildman–Crippen MR) is 68.1 cm³/mol. The number of nitrogens with two attached hydrogens (primary N) is 1. The number of hydrogen-bond acceptors (Lipinski definition) is 3. The van der Waals surface area contributed by atoms with Crippen molar-refractivity contribution in [3.8, 4) is 5.75 Å². The van der Waals surface area contributed by atoms with Crippen LogP contribution in [-0.2, 0) is 4.74 Å². The summed E-state index contributed by atoms with van der Waals surface area (Å²) < 4.78 is 11.4. The molecule has 1 aliphatic rings. The molecule has 1 aliphatic heterocycles. The standard InChI is InChI=1S/C14H21NO2/c1-10-3-6-14(17-10)9-16-13-7-4-12(5-8-13)11(2)15/h4-5,7-8,10-11,14H,3,6,9,15H2,1-2H3. The lowest BCUT2D eigenvalue weighted by atomic mass is 10.1. The molecule has 1 heterocycles. The van der Waals surface area contributed by atoms with E-state index < -0.39 is 0 Å². The zero-order valence-electron chi connectivity index (χ0n) is 10.6. The van der Waals surface area contributed by atoms with E-state index in [9.17, 15) is 0 Å². The summed E-state index contributed by atoms with van der Waals surface area (Å²) in [6, 6.07) is 8.03. The van der Waals surface area contributed by atoms with Gasteiger partial charge < -0.3 is 15.2 Å². The lowest BCUT2D eigenvalue weighted by Gasteiger charge is -2.13.